The summed E-state index contributed by atoms with van der Waals surface area (Å²) in [5.41, 5.74) is -0.718. The van der Waals surface area contributed by atoms with Gasteiger partial charge in [-0.1, -0.05) is 37.3 Å². The van der Waals surface area contributed by atoms with E-state index in [-0.39, 0.29) is 16.8 Å². The van der Waals surface area contributed by atoms with E-state index in [1.165, 1.54) is 19.2 Å². The maximum atomic E-state index is 13.4. The molecule has 0 bridgehead atoms. The Morgan fingerprint density at radius 2 is 1.68 bits per heavy atom. The average molecular weight is 511 g/mol. The van der Waals surface area contributed by atoms with E-state index in [0.29, 0.717) is 23.7 Å². The molecule has 0 saturated carbocycles. The number of ketones is 1. The van der Waals surface area contributed by atoms with Crippen molar-refractivity contribution in [2.24, 2.45) is 0 Å². The molecule has 1 fully saturated rings. The van der Waals surface area contributed by atoms with Gasteiger partial charge in [-0.25, -0.2) is 0 Å². The number of ether oxygens (including phenoxy) is 2. The molecule has 1 N–H and O–H groups in total. The molecule has 1 unspecified atom stereocenters. The fraction of sp³-hybridized carbons (Fsp3) is 0.214. The van der Waals surface area contributed by atoms with E-state index >= 15 is 0 Å². The van der Waals surface area contributed by atoms with Crippen LogP contribution in [-0.4, -0.2) is 30.5 Å². The Balaban J connectivity index is 1.90. The number of carbonyl (C=O) groups excluding carboxylic acids is 2. The first-order valence-corrected chi connectivity index (χ1v) is 11.5. The Bertz CT molecular complexity index is 1350. The number of methoxy groups -OCH3 is 1. The number of hydrogen-bond donors (Lipinski definition) is 1. The molecule has 4 rings (SSSR count). The second kappa shape index (κ2) is 10.4. The maximum absolute atomic E-state index is 13.4. The van der Waals surface area contributed by atoms with Crippen molar-refractivity contribution in [2.75, 3.05) is 18.6 Å². The number of Topliss-reactive ketones (excluding diaryl/α,β-unsaturated/α-hetero) is 1. The van der Waals surface area contributed by atoms with Gasteiger partial charge >= 0.3 is 6.18 Å². The predicted molar refractivity (Wildman–Crippen MR) is 131 cm³/mol. The highest BCUT2D eigenvalue weighted by molar-refractivity contribution is 6.51. The Morgan fingerprint density at radius 1 is 0.973 bits per heavy atom. The molecule has 3 aromatic carbocycles. The number of anilines is 1. The van der Waals surface area contributed by atoms with Gasteiger partial charge in [0.1, 0.15) is 17.3 Å². The van der Waals surface area contributed by atoms with Gasteiger partial charge in [-0.05, 0) is 54.4 Å². The molecule has 0 spiro atoms. The zero-order valence-electron chi connectivity index (χ0n) is 20.1. The molecule has 9 heteroatoms. The van der Waals surface area contributed by atoms with Crippen LogP contribution in [0.2, 0.25) is 0 Å². The van der Waals surface area contributed by atoms with E-state index < -0.39 is 35.2 Å². The lowest BCUT2D eigenvalue weighted by atomic mass is 9.95. The summed E-state index contributed by atoms with van der Waals surface area (Å²) < 4.78 is 51.1. The van der Waals surface area contributed by atoms with E-state index in [1.54, 1.807) is 42.5 Å². The van der Waals surface area contributed by atoms with Crippen molar-refractivity contribution in [2.45, 2.75) is 25.6 Å². The van der Waals surface area contributed by atoms with Gasteiger partial charge < -0.3 is 14.6 Å². The highest BCUT2D eigenvalue weighted by Gasteiger charge is 2.47. The Labute approximate surface area is 211 Å². The number of carbonyl (C=O) groups is 2. The normalized spacial score (nSPS) is 17.2. The summed E-state index contributed by atoms with van der Waals surface area (Å²) in [5.74, 6) is -1.58. The SMILES string of the molecule is CCCOc1cccc(/C(O)=C2\C(=O)C(=O)N(c3cccc(C(F)(F)F)c3)C2c2ccc(OC)cc2)c1. The van der Waals surface area contributed by atoms with Crippen molar-refractivity contribution in [3.8, 4) is 11.5 Å². The van der Waals surface area contributed by atoms with Crippen LogP contribution in [0.4, 0.5) is 18.9 Å². The number of hydrogen-bond acceptors (Lipinski definition) is 5. The summed E-state index contributed by atoms with van der Waals surface area (Å²) in [5, 5.41) is 11.3. The average Bonchev–Trinajstić information content (AvgIpc) is 3.17. The van der Waals surface area contributed by atoms with E-state index in [4.69, 9.17) is 9.47 Å². The Hall–Kier alpha value is -4.27. The van der Waals surface area contributed by atoms with Gasteiger partial charge in [0.25, 0.3) is 11.7 Å². The number of aliphatic hydroxyl groups is 1. The van der Waals surface area contributed by atoms with Gasteiger partial charge in [0, 0.05) is 11.3 Å². The molecule has 1 atom stereocenters. The van der Waals surface area contributed by atoms with Crippen LogP contribution in [0.5, 0.6) is 11.5 Å². The monoisotopic (exact) mass is 511 g/mol. The van der Waals surface area contributed by atoms with Crippen molar-refractivity contribution in [1.82, 2.24) is 0 Å². The second-order valence-electron chi connectivity index (χ2n) is 8.37. The van der Waals surface area contributed by atoms with Crippen LogP contribution in [0.15, 0.2) is 78.4 Å². The molecule has 3 aromatic rings. The molecule has 1 heterocycles. The Morgan fingerprint density at radius 3 is 2.32 bits per heavy atom. The molecule has 1 saturated heterocycles. The van der Waals surface area contributed by atoms with Crippen molar-refractivity contribution in [1.29, 1.82) is 0 Å². The lowest BCUT2D eigenvalue weighted by molar-refractivity contribution is -0.137. The van der Waals surface area contributed by atoms with Crippen LogP contribution in [0, 0.1) is 0 Å². The van der Waals surface area contributed by atoms with Crippen LogP contribution in [0.1, 0.15) is 36.1 Å². The van der Waals surface area contributed by atoms with E-state index in [0.717, 1.165) is 29.5 Å². The minimum absolute atomic E-state index is 0.128. The molecule has 0 radical (unpaired) electrons. The van der Waals surface area contributed by atoms with E-state index in [9.17, 15) is 27.9 Å². The minimum atomic E-state index is -4.65. The first kappa shape index (κ1) is 25.8. The summed E-state index contributed by atoms with van der Waals surface area (Å²) in [6.07, 6.45) is -3.89. The fourth-order valence-electron chi connectivity index (χ4n) is 4.14. The third-order valence-electron chi connectivity index (χ3n) is 5.91. The molecule has 6 nitrogen and oxygen atoms in total. The number of aliphatic hydroxyl groups excluding tert-OH is 1. The van der Waals surface area contributed by atoms with Crippen LogP contribution >= 0.6 is 0 Å². The number of alkyl halides is 3. The van der Waals surface area contributed by atoms with Gasteiger partial charge in [0.2, 0.25) is 0 Å². The van der Waals surface area contributed by atoms with Crippen LogP contribution in [0.25, 0.3) is 5.76 Å². The zero-order valence-corrected chi connectivity index (χ0v) is 20.1. The quantitative estimate of drug-likeness (QED) is 0.235. The molecular weight excluding hydrogens is 487 g/mol. The molecule has 0 aromatic heterocycles. The lowest BCUT2D eigenvalue weighted by Crippen LogP contribution is -2.29. The largest absolute Gasteiger partial charge is 0.507 e. The van der Waals surface area contributed by atoms with Gasteiger partial charge in [0.15, 0.2) is 0 Å². The van der Waals surface area contributed by atoms with Gasteiger partial charge in [-0.3, -0.25) is 14.5 Å². The third kappa shape index (κ3) is 5.16. The molecular formula is C28H24F3NO5. The van der Waals surface area contributed by atoms with Crippen molar-refractivity contribution < 1.29 is 37.3 Å². The summed E-state index contributed by atoms with van der Waals surface area (Å²) >= 11 is 0. The molecule has 192 valence electrons. The Kier molecular flexibility index (Phi) is 7.24. The number of halogens is 3. The minimum Gasteiger partial charge on any atom is -0.507 e. The maximum Gasteiger partial charge on any atom is 0.416 e. The summed E-state index contributed by atoms with van der Waals surface area (Å²) in [6, 6.07) is 15.8. The van der Waals surface area contributed by atoms with Crippen LogP contribution in [0.3, 0.4) is 0 Å². The molecule has 0 aliphatic carbocycles. The predicted octanol–water partition coefficient (Wildman–Crippen LogP) is 6.13. The highest BCUT2D eigenvalue weighted by Crippen LogP contribution is 2.43. The number of benzene rings is 3. The molecule has 37 heavy (non-hydrogen) atoms. The first-order chi connectivity index (χ1) is 17.7. The third-order valence-corrected chi connectivity index (χ3v) is 5.91. The van der Waals surface area contributed by atoms with Crippen molar-refractivity contribution >= 4 is 23.1 Å². The zero-order chi connectivity index (χ0) is 26.7. The highest BCUT2D eigenvalue weighted by atomic mass is 19.4. The van der Waals surface area contributed by atoms with Crippen molar-refractivity contribution in [3.05, 3.63) is 95.1 Å². The van der Waals surface area contributed by atoms with Crippen LogP contribution in [-0.2, 0) is 15.8 Å². The topological polar surface area (TPSA) is 76.1 Å². The van der Waals surface area contributed by atoms with E-state index in [1.807, 2.05) is 6.92 Å². The van der Waals surface area contributed by atoms with E-state index in [2.05, 4.69) is 0 Å². The van der Waals surface area contributed by atoms with Gasteiger partial charge in [-0.15, -0.1) is 0 Å². The number of amides is 1. The second-order valence-corrected chi connectivity index (χ2v) is 8.37. The van der Waals surface area contributed by atoms with Crippen LogP contribution < -0.4 is 14.4 Å². The fourth-order valence-corrected chi connectivity index (χ4v) is 4.14. The summed E-state index contributed by atoms with van der Waals surface area (Å²) in [7, 11) is 1.47. The number of nitrogens with zero attached hydrogens (tertiary/aromatic N) is 1. The van der Waals surface area contributed by atoms with Gasteiger partial charge in [0.05, 0.1) is 30.9 Å². The first-order valence-electron chi connectivity index (χ1n) is 11.5. The van der Waals surface area contributed by atoms with Gasteiger partial charge in [-0.2, -0.15) is 13.2 Å². The van der Waals surface area contributed by atoms with Crippen molar-refractivity contribution in [3.63, 3.8) is 0 Å². The molecule has 1 aliphatic rings. The number of rotatable bonds is 7. The smallest absolute Gasteiger partial charge is 0.416 e. The summed E-state index contributed by atoms with van der Waals surface area (Å²) in [6.45, 7) is 2.38. The molecule has 1 aliphatic heterocycles. The standard InChI is InChI=1S/C28H24F3NO5/c1-3-14-37-22-9-4-6-18(15-22)25(33)23-24(17-10-12-21(36-2)13-11-17)32(27(35)26(23)34)20-8-5-7-19(16-20)28(29,30)31/h4-13,15-16,24,33H,3,14H2,1-2H3/b25-23+. The lowest BCUT2D eigenvalue weighted by Gasteiger charge is -2.26. The summed E-state index contributed by atoms with van der Waals surface area (Å²) in [4.78, 5) is 27.5. The molecule has 1 amide bonds.